The lowest BCUT2D eigenvalue weighted by atomic mass is 10.1. The highest BCUT2D eigenvalue weighted by atomic mass is 35.5. The van der Waals surface area contributed by atoms with Gasteiger partial charge in [0.2, 0.25) is 0 Å². The smallest absolute Gasteiger partial charge is 0.0858 e. The molecule has 1 saturated heterocycles. The van der Waals surface area contributed by atoms with Crippen LogP contribution >= 0.6 is 11.6 Å². The first-order valence-corrected chi connectivity index (χ1v) is 13.6. The van der Waals surface area contributed by atoms with E-state index in [1.165, 1.54) is 30.5 Å². The van der Waals surface area contributed by atoms with Crippen LogP contribution in [0, 0.1) is 0 Å². The molecular weight excluding hydrogens is 366 g/mol. The van der Waals surface area contributed by atoms with Crippen LogP contribution in [0.3, 0.4) is 0 Å². The Labute approximate surface area is 171 Å². The maximum absolute atomic E-state index is 6.20. The number of hydrogen-bond acceptors (Lipinski definition) is 1. The van der Waals surface area contributed by atoms with Gasteiger partial charge in [0.1, 0.15) is 0 Å². The summed E-state index contributed by atoms with van der Waals surface area (Å²) in [5.74, 6) is 0. The number of anilines is 1. The Balaban J connectivity index is 2.16. The van der Waals surface area contributed by atoms with Crippen molar-refractivity contribution >= 4 is 25.4 Å². The fourth-order valence-corrected chi connectivity index (χ4v) is 8.68. The predicted molar refractivity (Wildman–Crippen MR) is 123 cm³/mol. The average Bonchev–Trinajstić information content (AvgIpc) is 3.31. The Morgan fingerprint density at radius 1 is 1.00 bits per heavy atom. The maximum Gasteiger partial charge on any atom is 0.0858 e. The number of nitrogens with zero attached hydrogens (tertiary/aromatic N) is 1. The zero-order valence-corrected chi connectivity index (χ0v) is 19.5. The molecular formula is C24H34ClNSi. The Morgan fingerprint density at radius 2 is 1.59 bits per heavy atom. The summed E-state index contributed by atoms with van der Waals surface area (Å²) in [7, 11) is -1.67. The van der Waals surface area contributed by atoms with Crippen LogP contribution in [0.5, 0.6) is 0 Å². The van der Waals surface area contributed by atoms with Gasteiger partial charge >= 0.3 is 0 Å². The van der Waals surface area contributed by atoms with Crippen molar-refractivity contribution in [1.82, 2.24) is 0 Å². The number of halogens is 1. The number of benzene rings is 2. The molecule has 3 rings (SSSR count). The number of unbranched alkanes of at least 4 members (excludes halogenated alkanes) is 1. The second-order valence-corrected chi connectivity index (χ2v) is 15.6. The molecule has 0 aromatic heterocycles. The summed E-state index contributed by atoms with van der Waals surface area (Å²) in [6.07, 6.45) is 3.79. The summed E-state index contributed by atoms with van der Waals surface area (Å²) in [6.45, 7) is 14.9. The Kier molecular flexibility index (Phi) is 5.53. The van der Waals surface area contributed by atoms with Crippen LogP contribution in [0.1, 0.15) is 58.6 Å². The number of para-hydroxylation sites is 1. The van der Waals surface area contributed by atoms with Crippen molar-refractivity contribution < 1.29 is 0 Å². The highest BCUT2D eigenvalue weighted by Gasteiger charge is 2.72. The summed E-state index contributed by atoms with van der Waals surface area (Å²) in [5, 5.41) is 1.39. The minimum atomic E-state index is -1.67. The first-order valence-electron chi connectivity index (χ1n) is 10.3. The van der Waals surface area contributed by atoms with Crippen LogP contribution in [0.2, 0.25) is 23.2 Å². The molecule has 0 amide bonds. The lowest BCUT2D eigenvalue weighted by Gasteiger charge is -2.44. The van der Waals surface area contributed by atoms with Crippen LogP contribution < -0.4 is 4.90 Å². The van der Waals surface area contributed by atoms with E-state index >= 15 is 0 Å². The van der Waals surface area contributed by atoms with Crippen molar-refractivity contribution in [3.63, 3.8) is 0 Å². The summed E-state index contributed by atoms with van der Waals surface area (Å²) in [6, 6.07) is 20.0. The quantitative estimate of drug-likeness (QED) is 0.352. The van der Waals surface area contributed by atoms with E-state index in [1.807, 2.05) is 0 Å². The van der Waals surface area contributed by atoms with Crippen LogP contribution in [-0.4, -0.2) is 13.2 Å². The molecule has 0 spiro atoms. The van der Waals surface area contributed by atoms with Gasteiger partial charge in [0.05, 0.1) is 19.3 Å². The van der Waals surface area contributed by atoms with E-state index in [2.05, 4.69) is 100 Å². The van der Waals surface area contributed by atoms with Crippen molar-refractivity contribution in [3.8, 4) is 0 Å². The van der Waals surface area contributed by atoms with Crippen molar-refractivity contribution in [2.75, 3.05) is 4.90 Å². The van der Waals surface area contributed by atoms with Gasteiger partial charge in [-0.25, -0.2) is 0 Å². The van der Waals surface area contributed by atoms with Gasteiger partial charge in [0.15, 0.2) is 0 Å². The van der Waals surface area contributed by atoms with Crippen LogP contribution in [0.15, 0.2) is 54.6 Å². The monoisotopic (exact) mass is 399 g/mol. The molecule has 1 fully saturated rings. The average molecular weight is 400 g/mol. The molecule has 2 aromatic carbocycles. The van der Waals surface area contributed by atoms with E-state index in [9.17, 15) is 0 Å². The first-order chi connectivity index (χ1) is 12.7. The van der Waals surface area contributed by atoms with E-state index in [1.54, 1.807) is 0 Å². The third-order valence-electron chi connectivity index (χ3n) is 7.16. The fraction of sp³-hybridized carbons (Fsp3) is 0.500. The van der Waals surface area contributed by atoms with E-state index in [0.717, 1.165) is 5.02 Å². The molecule has 0 saturated carbocycles. The molecule has 146 valence electrons. The highest BCUT2D eigenvalue weighted by Crippen LogP contribution is 2.66. The van der Waals surface area contributed by atoms with Gasteiger partial charge in [0.25, 0.3) is 0 Å². The molecule has 0 bridgehead atoms. The molecule has 2 atom stereocenters. The molecule has 1 heterocycles. The third-order valence-corrected chi connectivity index (χ3v) is 14.1. The highest BCUT2D eigenvalue weighted by molar-refractivity contribution is 6.85. The number of hydrogen-bond donors (Lipinski definition) is 0. The van der Waals surface area contributed by atoms with Crippen molar-refractivity contribution in [3.05, 3.63) is 65.2 Å². The zero-order valence-electron chi connectivity index (χ0n) is 17.7. The van der Waals surface area contributed by atoms with Crippen LogP contribution in [0.4, 0.5) is 5.69 Å². The molecule has 0 radical (unpaired) electrons. The van der Waals surface area contributed by atoms with E-state index in [0.29, 0.717) is 11.1 Å². The molecule has 0 N–H and O–H groups in total. The summed E-state index contributed by atoms with van der Waals surface area (Å²) < 4.78 is 0. The normalized spacial score (nSPS) is 22.8. The lowest BCUT2D eigenvalue weighted by molar-refractivity contribution is 0.600. The zero-order chi connectivity index (χ0) is 19.9. The summed E-state index contributed by atoms with van der Waals surface area (Å²) >= 11 is 6.20. The Morgan fingerprint density at radius 3 is 2.11 bits per heavy atom. The maximum atomic E-state index is 6.20. The second-order valence-electron chi connectivity index (χ2n) is 9.56. The summed E-state index contributed by atoms with van der Waals surface area (Å²) in [4.78, 5) is 2.74. The molecule has 27 heavy (non-hydrogen) atoms. The van der Waals surface area contributed by atoms with Gasteiger partial charge in [0, 0.05) is 10.7 Å². The van der Waals surface area contributed by atoms with Crippen LogP contribution in [-0.2, 0) is 0 Å². The van der Waals surface area contributed by atoms with Crippen molar-refractivity contribution in [2.45, 2.75) is 76.3 Å². The molecule has 3 heteroatoms. The molecule has 0 aliphatic carbocycles. The standard InChI is InChI=1S/C24H34ClNSi/c1-7-8-18-24(27(5,6)23(2,3)4)22(19-14-16-20(25)17-15-19)26(24)21-12-10-9-11-13-21/h9-17,22H,7-8,18H2,1-6H3/t22-,24-,26?/m1/s1. The Hall–Kier alpha value is -1.25. The van der Waals surface area contributed by atoms with Gasteiger partial charge in [-0.15, -0.1) is 0 Å². The third kappa shape index (κ3) is 3.36. The largest absolute Gasteiger partial charge is 0.357 e. The van der Waals surface area contributed by atoms with Gasteiger partial charge in [-0.2, -0.15) is 0 Å². The topological polar surface area (TPSA) is 3.01 Å². The van der Waals surface area contributed by atoms with Crippen molar-refractivity contribution in [2.24, 2.45) is 0 Å². The van der Waals surface area contributed by atoms with Crippen molar-refractivity contribution in [1.29, 1.82) is 0 Å². The summed E-state index contributed by atoms with van der Waals surface area (Å²) in [5.41, 5.74) is 2.77. The van der Waals surface area contributed by atoms with Gasteiger partial charge < -0.3 is 4.90 Å². The predicted octanol–water partition coefficient (Wildman–Crippen LogP) is 7.88. The van der Waals surface area contributed by atoms with Gasteiger partial charge in [-0.05, 0) is 41.3 Å². The minimum Gasteiger partial charge on any atom is -0.357 e. The first kappa shape index (κ1) is 20.5. The SMILES string of the molecule is CCCC[C@@]1([Si](C)(C)C(C)(C)C)[C@@H](c2ccc(Cl)cc2)N1c1ccccc1. The van der Waals surface area contributed by atoms with E-state index < -0.39 is 8.07 Å². The molecule has 1 aliphatic rings. The number of rotatable bonds is 6. The lowest BCUT2D eigenvalue weighted by Crippen LogP contribution is -2.54. The van der Waals surface area contributed by atoms with E-state index in [-0.39, 0.29) is 5.16 Å². The minimum absolute atomic E-state index is 0.246. The molecule has 1 aliphatic heterocycles. The van der Waals surface area contributed by atoms with Gasteiger partial charge in [-0.1, -0.05) is 95.6 Å². The van der Waals surface area contributed by atoms with Gasteiger partial charge in [-0.3, -0.25) is 0 Å². The fourth-order valence-electron chi connectivity index (χ4n) is 4.68. The molecule has 2 aromatic rings. The molecule has 0 unspecified atom stereocenters. The Bertz CT molecular complexity index is 763. The van der Waals surface area contributed by atoms with E-state index in [4.69, 9.17) is 11.6 Å². The van der Waals surface area contributed by atoms with Crippen LogP contribution in [0.25, 0.3) is 0 Å². The second kappa shape index (κ2) is 7.29. The molecule has 1 nitrogen and oxygen atoms in total.